The van der Waals surface area contributed by atoms with E-state index in [1.807, 2.05) is 18.3 Å². The lowest BCUT2D eigenvalue weighted by molar-refractivity contribution is 0.612. The van der Waals surface area contributed by atoms with Crippen molar-refractivity contribution in [3.63, 3.8) is 0 Å². The van der Waals surface area contributed by atoms with E-state index in [4.69, 9.17) is 0 Å². The number of rotatable bonds is 4. The van der Waals surface area contributed by atoms with Gasteiger partial charge in [0.25, 0.3) is 0 Å². The van der Waals surface area contributed by atoms with Crippen LogP contribution >= 0.6 is 15.9 Å². The Morgan fingerprint density at radius 2 is 2.00 bits per heavy atom. The van der Waals surface area contributed by atoms with E-state index in [1.54, 1.807) is 12.1 Å². The monoisotopic (exact) mass is 349 g/mol. The summed E-state index contributed by atoms with van der Waals surface area (Å²) in [6, 6.07) is 8.97. The lowest BCUT2D eigenvalue weighted by Crippen LogP contribution is -2.18. The minimum Gasteiger partial charge on any atom is -0.380 e. The maximum absolute atomic E-state index is 13.7. The number of nitrogens with one attached hydrogen (secondary N) is 1. The van der Waals surface area contributed by atoms with Gasteiger partial charge in [0, 0.05) is 29.7 Å². The third-order valence-electron chi connectivity index (χ3n) is 3.67. The van der Waals surface area contributed by atoms with E-state index >= 15 is 0 Å². The van der Waals surface area contributed by atoms with Gasteiger partial charge in [0.15, 0.2) is 0 Å². The van der Waals surface area contributed by atoms with Crippen LogP contribution in [0, 0.1) is 5.82 Å². The van der Waals surface area contributed by atoms with E-state index < -0.39 is 0 Å². The van der Waals surface area contributed by atoms with Gasteiger partial charge in [-0.15, -0.1) is 0 Å². The van der Waals surface area contributed by atoms with Crippen molar-refractivity contribution < 1.29 is 4.39 Å². The second-order valence-electron chi connectivity index (χ2n) is 5.19. The van der Waals surface area contributed by atoms with Crippen LogP contribution in [-0.4, -0.2) is 18.1 Å². The molecule has 0 amide bonds. The highest BCUT2D eigenvalue weighted by molar-refractivity contribution is 9.10. The van der Waals surface area contributed by atoms with E-state index in [-0.39, 0.29) is 5.82 Å². The lowest BCUT2D eigenvalue weighted by Gasteiger charge is -2.16. The predicted molar refractivity (Wildman–Crippen MR) is 87.1 cm³/mol. The first-order valence-corrected chi connectivity index (χ1v) is 7.90. The smallest absolute Gasteiger partial charge is 0.128 e. The van der Waals surface area contributed by atoms with E-state index in [1.165, 1.54) is 18.9 Å². The molecule has 2 heterocycles. The van der Waals surface area contributed by atoms with Crippen molar-refractivity contribution in [1.29, 1.82) is 0 Å². The average Bonchev–Trinajstić information content (AvgIpc) is 3.03. The molecule has 0 spiro atoms. The molecule has 3 rings (SSSR count). The molecule has 1 saturated heterocycles. The Balaban J connectivity index is 1.64. The molecule has 0 radical (unpaired) electrons. The summed E-state index contributed by atoms with van der Waals surface area (Å²) in [5.41, 5.74) is 1.53. The van der Waals surface area contributed by atoms with Crippen LogP contribution in [-0.2, 0) is 6.54 Å². The first-order valence-electron chi connectivity index (χ1n) is 7.11. The summed E-state index contributed by atoms with van der Waals surface area (Å²) in [4.78, 5) is 6.76. The molecule has 1 N–H and O–H groups in total. The summed E-state index contributed by atoms with van der Waals surface area (Å²) < 4.78 is 14.5. The second-order valence-corrected chi connectivity index (χ2v) is 6.10. The Kier molecular flexibility index (Phi) is 4.39. The largest absolute Gasteiger partial charge is 0.380 e. The molecule has 110 valence electrons. The van der Waals surface area contributed by atoms with Crippen LogP contribution in [0.3, 0.4) is 0 Å². The highest BCUT2D eigenvalue weighted by Gasteiger charge is 2.12. The summed E-state index contributed by atoms with van der Waals surface area (Å²) in [5.74, 6) is 0.819. The summed E-state index contributed by atoms with van der Waals surface area (Å²) in [6.07, 6.45) is 4.29. The van der Waals surface area contributed by atoms with Gasteiger partial charge >= 0.3 is 0 Å². The van der Waals surface area contributed by atoms with E-state index in [2.05, 4.69) is 31.1 Å². The SMILES string of the molecule is Fc1ccc(Br)cc1CNc1ccc(N2CCCC2)nc1. The van der Waals surface area contributed by atoms with Crippen LogP contribution in [0.4, 0.5) is 15.9 Å². The van der Waals surface area contributed by atoms with Crippen LogP contribution < -0.4 is 10.2 Å². The fraction of sp³-hybridized carbons (Fsp3) is 0.312. The minimum absolute atomic E-state index is 0.202. The fourth-order valence-electron chi connectivity index (χ4n) is 2.50. The number of nitrogens with zero attached hydrogens (tertiary/aromatic N) is 2. The van der Waals surface area contributed by atoms with Crippen molar-refractivity contribution in [1.82, 2.24) is 4.98 Å². The maximum atomic E-state index is 13.7. The number of hydrogen-bond acceptors (Lipinski definition) is 3. The summed E-state index contributed by atoms with van der Waals surface area (Å²) in [6.45, 7) is 2.61. The molecule has 1 fully saturated rings. The topological polar surface area (TPSA) is 28.2 Å². The van der Waals surface area contributed by atoms with Crippen molar-refractivity contribution >= 4 is 27.4 Å². The molecule has 1 aliphatic rings. The number of aromatic nitrogens is 1. The molecule has 0 saturated carbocycles. The number of pyridine rings is 1. The third kappa shape index (κ3) is 3.53. The predicted octanol–water partition coefficient (Wildman–Crippen LogP) is 4.20. The van der Waals surface area contributed by atoms with Crippen LogP contribution in [0.2, 0.25) is 0 Å². The molecule has 2 aromatic rings. The van der Waals surface area contributed by atoms with Crippen molar-refractivity contribution in [2.75, 3.05) is 23.3 Å². The quantitative estimate of drug-likeness (QED) is 0.896. The summed E-state index contributed by atoms with van der Waals surface area (Å²) in [7, 11) is 0. The first kappa shape index (κ1) is 14.3. The van der Waals surface area contributed by atoms with E-state index in [0.717, 1.165) is 29.1 Å². The molecule has 0 unspecified atom stereocenters. The molecule has 1 aromatic carbocycles. The van der Waals surface area contributed by atoms with Crippen LogP contribution in [0.25, 0.3) is 0 Å². The Hall–Kier alpha value is -1.62. The van der Waals surface area contributed by atoms with Gasteiger partial charge in [-0.05, 0) is 43.2 Å². The Labute approximate surface area is 132 Å². The molecule has 5 heteroatoms. The normalized spacial score (nSPS) is 14.5. The van der Waals surface area contributed by atoms with Gasteiger partial charge in [-0.3, -0.25) is 0 Å². The Morgan fingerprint density at radius 3 is 2.71 bits per heavy atom. The molecule has 1 aromatic heterocycles. The molecule has 1 aliphatic heterocycles. The lowest BCUT2D eigenvalue weighted by atomic mass is 10.2. The van der Waals surface area contributed by atoms with Crippen molar-refractivity contribution in [2.24, 2.45) is 0 Å². The first-order chi connectivity index (χ1) is 10.2. The molecule has 0 aliphatic carbocycles. The highest BCUT2D eigenvalue weighted by Crippen LogP contribution is 2.20. The van der Waals surface area contributed by atoms with Gasteiger partial charge in [0.2, 0.25) is 0 Å². The van der Waals surface area contributed by atoms with Gasteiger partial charge in [-0.25, -0.2) is 9.37 Å². The zero-order valence-corrected chi connectivity index (χ0v) is 13.2. The Bertz CT molecular complexity index is 609. The van der Waals surface area contributed by atoms with Gasteiger partial charge < -0.3 is 10.2 Å². The number of halogens is 2. The van der Waals surface area contributed by atoms with Crippen LogP contribution in [0.5, 0.6) is 0 Å². The molecular formula is C16H17BrFN3. The van der Waals surface area contributed by atoms with Crippen molar-refractivity contribution in [3.05, 3.63) is 52.4 Å². The molecule has 0 atom stereocenters. The zero-order chi connectivity index (χ0) is 14.7. The number of anilines is 2. The van der Waals surface area contributed by atoms with E-state index in [9.17, 15) is 4.39 Å². The van der Waals surface area contributed by atoms with Crippen molar-refractivity contribution in [2.45, 2.75) is 19.4 Å². The summed E-state index contributed by atoms with van der Waals surface area (Å²) in [5, 5.41) is 3.20. The van der Waals surface area contributed by atoms with Crippen molar-refractivity contribution in [3.8, 4) is 0 Å². The number of benzene rings is 1. The van der Waals surface area contributed by atoms with Gasteiger partial charge in [0.05, 0.1) is 11.9 Å². The van der Waals surface area contributed by atoms with Crippen LogP contribution in [0.15, 0.2) is 41.0 Å². The zero-order valence-electron chi connectivity index (χ0n) is 11.6. The number of hydrogen-bond donors (Lipinski definition) is 1. The maximum Gasteiger partial charge on any atom is 0.128 e. The molecule has 21 heavy (non-hydrogen) atoms. The highest BCUT2D eigenvalue weighted by atomic mass is 79.9. The second kappa shape index (κ2) is 6.43. The standard InChI is InChI=1S/C16H17BrFN3/c17-13-3-5-15(18)12(9-13)10-19-14-4-6-16(20-11-14)21-7-1-2-8-21/h3-6,9,11,19H,1-2,7-8,10H2. The van der Waals surface area contributed by atoms with Gasteiger partial charge in [0.1, 0.15) is 11.6 Å². The Morgan fingerprint density at radius 1 is 1.19 bits per heavy atom. The fourth-order valence-corrected chi connectivity index (χ4v) is 2.91. The molecule has 0 bridgehead atoms. The minimum atomic E-state index is -0.202. The van der Waals surface area contributed by atoms with Gasteiger partial charge in [-0.1, -0.05) is 15.9 Å². The molecular weight excluding hydrogens is 333 g/mol. The van der Waals surface area contributed by atoms with E-state index in [0.29, 0.717) is 12.1 Å². The third-order valence-corrected chi connectivity index (χ3v) is 4.16. The van der Waals surface area contributed by atoms with Crippen LogP contribution in [0.1, 0.15) is 18.4 Å². The summed E-state index contributed by atoms with van der Waals surface area (Å²) >= 11 is 3.36. The average molecular weight is 350 g/mol. The van der Waals surface area contributed by atoms with Gasteiger partial charge in [-0.2, -0.15) is 0 Å². The molecule has 3 nitrogen and oxygen atoms in total.